The van der Waals surface area contributed by atoms with Crippen molar-refractivity contribution in [3.8, 4) is 22.8 Å². The summed E-state index contributed by atoms with van der Waals surface area (Å²) in [6, 6.07) is 30.3. The molecular formula is C58H87N8O10PS. The number of aliphatic hydroxyl groups excluding tert-OH is 1. The van der Waals surface area contributed by atoms with Crippen LogP contribution in [0.3, 0.4) is 0 Å². The summed E-state index contributed by atoms with van der Waals surface area (Å²) in [5.74, 6) is 13.2. The molecule has 0 spiro atoms. The Morgan fingerprint density at radius 1 is 0.821 bits per heavy atom. The molecule has 0 aliphatic carbocycles. The molecule has 1 amide bonds. The molecule has 430 valence electrons. The van der Waals surface area contributed by atoms with Crippen LogP contribution < -0.4 is 43.5 Å². The molecule has 5 aromatic rings. The van der Waals surface area contributed by atoms with Gasteiger partial charge in [0.1, 0.15) is 18.7 Å². The standard InChI is InChI=1S/C44H53N7O4.C7H16NO4PS.C4H8O.C2H6.CH4O/c1-49-28-32-19-11-12-20-34(32)42(41(46)35-21-13-14-22-37(35)49)51(48)26-16-7-5-3-2-4-6-15-25-50(47)29-33(45)30-54-44-38(52)24-23-36-39(53)27-40(55-43(36)44)31-17-9-8-10-18-31;9-7-8-5-3-1-2-4-6-12-13(10,11)14;1-2-3-4-5;2*1-2/h8-14,17-24,27,29,52H,2-7,15-16,25-26,28,30,45-48H2,1H3;7H,1-6H2,(H,8,9)(H2,10,11,14);4H,2-3H2,1H3;1-2H3;2H,1H3/b33-29-,42-41-;;;;. The molecular weight excluding hydrogens is 1030 g/mol. The van der Waals surface area contributed by atoms with Crippen molar-refractivity contribution < 1.29 is 43.3 Å². The molecule has 13 N–H and O–H groups in total. The first kappa shape index (κ1) is 67.8. The van der Waals surface area contributed by atoms with Gasteiger partial charge in [-0.3, -0.25) is 9.59 Å². The Labute approximate surface area is 466 Å². The van der Waals surface area contributed by atoms with Crippen LogP contribution in [-0.2, 0) is 32.5 Å². The number of hydrogen-bond acceptors (Lipinski definition) is 16. The molecule has 18 nitrogen and oxygen atoms in total. The molecule has 0 bridgehead atoms. The second kappa shape index (κ2) is 39.1. The van der Waals surface area contributed by atoms with Gasteiger partial charge in [-0.2, -0.15) is 0 Å². The third-order valence-corrected chi connectivity index (χ3v) is 12.8. The van der Waals surface area contributed by atoms with Crippen molar-refractivity contribution in [2.24, 2.45) is 23.2 Å². The number of aldehydes is 1. The summed E-state index contributed by atoms with van der Waals surface area (Å²) in [6.07, 6.45) is 17.2. The van der Waals surface area contributed by atoms with E-state index in [2.05, 4.69) is 63.9 Å². The number of anilines is 1. The highest BCUT2D eigenvalue weighted by Crippen LogP contribution is 2.38. The Morgan fingerprint density at radius 2 is 1.41 bits per heavy atom. The Hall–Kier alpha value is -6.28. The van der Waals surface area contributed by atoms with Crippen LogP contribution in [-0.4, -0.2) is 89.7 Å². The highest BCUT2D eigenvalue weighted by atomic mass is 32.5. The summed E-state index contributed by atoms with van der Waals surface area (Å²) in [4.78, 5) is 51.7. The number of ether oxygens (including phenoxy) is 1. The van der Waals surface area contributed by atoms with Crippen LogP contribution in [0, 0.1) is 0 Å². The molecule has 78 heavy (non-hydrogen) atoms. The van der Waals surface area contributed by atoms with Crippen LogP contribution >= 0.6 is 6.72 Å². The number of aliphatic hydroxyl groups is 1. The van der Waals surface area contributed by atoms with Crippen molar-refractivity contribution in [3.05, 3.63) is 136 Å². The second-order valence-electron chi connectivity index (χ2n) is 17.9. The minimum atomic E-state index is -3.46. The van der Waals surface area contributed by atoms with Crippen LogP contribution in [0.25, 0.3) is 33.7 Å². The summed E-state index contributed by atoms with van der Waals surface area (Å²) < 4.78 is 16.5. The van der Waals surface area contributed by atoms with Crippen molar-refractivity contribution in [2.75, 3.05) is 51.9 Å². The second-order valence-corrected chi connectivity index (χ2v) is 20.6. The van der Waals surface area contributed by atoms with E-state index in [-0.39, 0.29) is 35.7 Å². The van der Waals surface area contributed by atoms with Crippen molar-refractivity contribution in [1.29, 1.82) is 0 Å². The first-order chi connectivity index (χ1) is 37.7. The molecule has 1 aliphatic heterocycles. The SMILES string of the molecule is CC.CCCC=O.CN1Cc2ccccc2/C(N(N)CCCCCCCCCCN(N)/C=C(\N)COc2c(O)ccc3c(=O)cc(-c4ccccc4)oc23)=C(/N)c2ccccc21.CO.O=CNCCCCCCOP(O)(O)=S. The number of carbonyl (C=O) groups is 2. The minimum absolute atomic E-state index is 0.0502. The zero-order valence-corrected chi connectivity index (χ0v) is 48.1. The number of unbranched alkanes of at least 4 members (excludes halogenated alkanes) is 11. The quantitative estimate of drug-likeness (QED) is 0.00741. The summed E-state index contributed by atoms with van der Waals surface area (Å²) in [5.41, 5.74) is 20.1. The van der Waals surface area contributed by atoms with Gasteiger partial charge in [-0.1, -0.05) is 145 Å². The summed E-state index contributed by atoms with van der Waals surface area (Å²) >= 11 is 4.27. The van der Waals surface area contributed by atoms with Crippen molar-refractivity contribution >= 4 is 59.3 Å². The molecule has 0 atom stereocenters. The third-order valence-electron chi connectivity index (χ3n) is 12.0. The summed E-state index contributed by atoms with van der Waals surface area (Å²) in [6.45, 7) is 5.59. The number of hydrogen-bond donors (Lipinski definition) is 9. The van der Waals surface area contributed by atoms with Gasteiger partial charge in [0, 0.05) is 81.4 Å². The van der Waals surface area contributed by atoms with Crippen LogP contribution in [0.15, 0.2) is 118 Å². The van der Waals surface area contributed by atoms with Gasteiger partial charge in [0.2, 0.25) is 12.2 Å². The van der Waals surface area contributed by atoms with Crippen LogP contribution in [0.1, 0.15) is 127 Å². The van der Waals surface area contributed by atoms with Gasteiger partial charge in [0.25, 0.3) is 0 Å². The third kappa shape index (κ3) is 24.6. The van der Waals surface area contributed by atoms with Gasteiger partial charge >= 0.3 is 6.72 Å². The highest BCUT2D eigenvalue weighted by molar-refractivity contribution is 8.06. The molecule has 6 rings (SSSR count). The lowest BCUT2D eigenvalue weighted by atomic mass is 9.96. The highest BCUT2D eigenvalue weighted by Gasteiger charge is 2.23. The number of nitrogens with zero attached hydrogens (tertiary/aromatic N) is 3. The van der Waals surface area contributed by atoms with Gasteiger partial charge in [0.05, 0.1) is 29.1 Å². The maximum Gasteiger partial charge on any atom is 0.321 e. The van der Waals surface area contributed by atoms with E-state index in [4.69, 9.17) is 47.2 Å². The fraction of sp³-hybridized carbons (Fsp3) is 0.431. The maximum atomic E-state index is 12.8. The molecule has 2 heterocycles. The predicted octanol–water partition coefficient (Wildman–Crippen LogP) is 9.39. The predicted molar refractivity (Wildman–Crippen MR) is 320 cm³/mol. The first-order valence-corrected chi connectivity index (χ1v) is 29.4. The number of phenolic OH excluding ortho intramolecular Hbond substituents is 1. The molecule has 1 aliphatic rings. The van der Waals surface area contributed by atoms with Crippen molar-refractivity contribution in [3.63, 3.8) is 0 Å². The number of amides is 1. The van der Waals surface area contributed by atoms with Crippen LogP contribution in [0.2, 0.25) is 0 Å². The number of carbonyl (C=O) groups excluding carboxylic acids is 2. The lowest BCUT2D eigenvalue weighted by Crippen LogP contribution is -2.34. The molecule has 0 unspecified atom stereocenters. The molecule has 4 aromatic carbocycles. The Morgan fingerprint density at radius 3 is 2.04 bits per heavy atom. The Kier molecular flexibility index (Phi) is 34.0. The number of fused-ring (bicyclic) bond motifs is 3. The largest absolute Gasteiger partial charge is 0.504 e. The number of nitrogens with two attached hydrogens (primary N) is 4. The minimum Gasteiger partial charge on any atom is -0.504 e. The number of benzene rings is 4. The van der Waals surface area contributed by atoms with E-state index in [0.29, 0.717) is 48.5 Å². The number of hydrazine groups is 2. The zero-order chi connectivity index (χ0) is 57.7. The zero-order valence-electron chi connectivity index (χ0n) is 46.4. The monoisotopic (exact) mass is 1120 g/mol. The smallest absolute Gasteiger partial charge is 0.321 e. The first-order valence-electron chi connectivity index (χ1n) is 26.8. The van der Waals surface area contributed by atoms with Crippen molar-refractivity contribution in [2.45, 2.75) is 117 Å². The molecule has 0 fully saturated rings. The number of aromatic hydroxyl groups is 1. The van der Waals surface area contributed by atoms with Gasteiger partial charge < -0.3 is 70.2 Å². The van der Waals surface area contributed by atoms with E-state index in [1.165, 1.54) is 30.2 Å². The number of nitrogens with one attached hydrogen (secondary N) is 1. The van der Waals surface area contributed by atoms with Gasteiger partial charge in [-0.15, -0.1) is 0 Å². The van der Waals surface area contributed by atoms with E-state index >= 15 is 0 Å². The number of para-hydroxylation sites is 1. The normalized spacial score (nSPS) is 12.7. The van der Waals surface area contributed by atoms with Crippen LogP contribution in [0.5, 0.6) is 11.5 Å². The van der Waals surface area contributed by atoms with Crippen molar-refractivity contribution in [1.82, 2.24) is 15.3 Å². The fourth-order valence-electron chi connectivity index (χ4n) is 8.18. The average Bonchev–Trinajstić information content (AvgIpc) is 3.49. The molecule has 0 radical (unpaired) electrons. The number of phenols is 1. The average molecular weight is 1120 g/mol. The summed E-state index contributed by atoms with van der Waals surface area (Å²) in [7, 11) is 3.10. The molecule has 0 saturated heterocycles. The fourth-order valence-corrected chi connectivity index (χ4v) is 8.77. The Bertz CT molecular complexity index is 2670. The lowest BCUT2D eigenvalue weighted by molar-refractivity contribution is -0.109. The molecule has 20 heteroatoms. The van der Waals surface area contributed by atoms with E-state index < -0.39 is 6.72 Å². The lowest BCUT2D eigenvalue weighted by Gasteiger charge is -2.32. The maximum absolute atomic E-state index is 12.8. The van der Waals surface area contributed by atoms with E-state index in [9.17, 15) is 19.5 Å². The number of rotatable bonds is 28. The molecule has 1 aromatic heterocycles. The van der Waals surface area contributed by atoms with Gasteiger partial charge in [0.15, 0.2) is 16.8 Å². The van der Waals surface area contributed by atoms with Gasteiger partial charge in [-0.25, -0.2) is 11.7 Å². The molecule has 0 saturated carbocycles. The van der Waals surface area contributed by atoms with Crippen LogP contribution in [0.4, 0.5) is 5.69 Å². The Balaban J connectivity index is 0.000000762. The van der Waals surface area contributed by atoms with E-state index in [1.807, 2.05) is 74.3 Å². The van der Waals surface area contributed by atoms with E-state index in [0.717, 1.165) is 132 Å². The topological polar surface area (TPSA) is 290 Å². The van der Waals surface area contributed by atoms with E-state index in [1.54, 1.807) is 11.2 Å². The van der Waals surface area contributed by atoms with Gasteiger partial charge in [-0.05, 0) is 67.7 Å². The summed E-state index contributed by atoms with van der Waals surface area (Å²) in [5, 5.41) is 23.8.